The standard InChI is InChI=1S/C29H34Cl2N2/c30-24-18-14-22(15-19-24)28-26-12-10-8-6-4-2-1-3-5-7-9-11-13-27(26)32-29(33-28)23-16-20-25(31)21-17-23/h14-21H,1-13H2. The van der Waals surface area contributed by atoms with Gasteiger partial charge in [0.05, 0.1) is 5.69 Å². The summed E-state index contributed by atoms with van der Waals surface area (Å²) in [5, 5.41) is 1.48. The van der Waals surface area contributed by atoms with Gasteiger partial charge >= 0.3 is 0 Å². The minimum atomic E-state index is 0.728. The number of benzene rings is 2. The van der Waals surface area contributed by atoms with Crippen LogP contribution in [0.3, 0.4) is 0 Å². The lowest BCUT2D eigenvalue weighted by Gasteiger charge is -2.16. The first-order chi connectivity index (χ1) is 16.2. The third-order valence-corrected chi connectivity index (χ3v) is 7.16. The number of rotatable bonds is 2. The zero-order chi connectivity index (χ0) is 22.9. The largest absolute Gasteiger partial charge is 0.233 e. The maximum absolute atomic E-state index is 6.20. The summed E-state index contributed by atoms with van der Waals surface area (Å²) in [6, 6.07) is 16.0. The van der Waals surface area contributed by atoms with E-state index in [-0.39, 0.29) is 0 Å². The van der Waals surface area contributed by atoms with Gasteiger partial charge in [0.25, 0.3) is 0 Å². The van der Waals surface area contributed by atoms with E-state index in [0.29, 0.717) is 0 Å². The monoisotopic (exact) mass is 480 g/mol. The Morgan fingerprint density at radius 3 is 1.48 bits per heavy atom. The summed E-state index contributed by atoms with van der Waals surface area (Å²) in [4.78, 5) is 10.2. The van der Waals surface area contributed by atoms with Crippen LogP contribution in [0.1, 0.15) is 81.9 Å². The van der Waals surface area contributed by atoms with Gasteiger partial charge in [0.15, 0.2) is 5.82 Å². The summed E-state index contributed by atoms with van der Waals surface area (Å²) < 4.78 is 0. The SMILES string of the molecule is Clc1ccc(-c2nc3c(c(-c4ccc(Cl)cc4)n2)CCCCCCCCCCCCC3)cc1. The van der Waals surface area contributed by atoms with Crippen LogP contribution in [0.2, 0.25) is 10.0 Å². The van der Waals surface area contributed by atoms with Crippen molar-refractivity contribution in [1.29, 1.82) is 0 Å². The molecular weight excluding hydrogens is 447 g/mol. The predicted molar refractivity (Wildman–Crippen MR) is 141 cm³/mol. The van der Waals surface area contributed by atoms with E-state index in [2.05, 4.69) is 12.1 Å². The fourth-order valence-electron chi connectivity index (χ4n) is 4.76. The highest BCUT2D eigenvalue weighted by molar-refractivity contribution is 6.30. The van der Waals surface area contributed by atoms with Crippen LogP contribution < -0.4 is 0 Å². The molecule has 0 spiro atoms. The van der Waals surface area contributed by atoms with E-state index in [0.717, 1.165) is 45.5 Å². The molecule has 1 heterocycles. The normalized spacial score (nSPS) is 16.4. The van der Waals surface area contributed by atoms with Crippen molar-refractivity contribution in [2.45, 2.75) is 83.5 Å². The Labute approximate surface area is 208 Å². The molecule has 0 atom stereocenters. The van der Waals surface area contributed by atoms with Gasteiger partial charge in [0.2, 0.25) is 0 Å². The molecule has 1 aliphatic rings. The van der Waals surface area contributed by atoms with Crippen molar-refractivity contribution in [3.05, 3.63) is 69.8 Å². The van der Waals surface area contributed by atoms with Gasteiger partial charge in [-0.05, 0) is 62.1 Å². The van der Waals surface area contributed by atoms with Crippen LogP contribution in [0, 0.1) is 0 Å². The van der Waals surface area contributed by atoms with E-state index in [1.165, 1.54) is 81.9 Å². The van der Waals surface area contributed by atoms with Gasteiger partial charge in [-0.3, -0.25) is 0 Å². The first-order valence-electron chi connectivity index (χ1n) is 12.6. The van der Waals surface area contributed by atoms with Crippen LogP contribution in [0.25, 0.3) is 22.6 Å². The van der Waals surface area contributed by atoms with Crippen LogP contribution >= 0.6 is 23.2 Å². The van der Waals surface area contributed by atoms with Gasteiger partial charge in [-0.25, -0.2) is 9.97 Å². The van der Waals surface area contributed by atoms with Gasteiger partial charge in [0, 0.05) is 32.4 Å². The van der Waals surface area contributed by atoms with Crippen molar-refractivity contribution in [2.75, 3.05) is 0 Å². The van der Waals surface area contributed by atoms with E-state index in [4.69, 9.17) is 33.2 Å². The van der Waals surface area contributed by atoms with Crippen LogP contribution in [-0.4, -0.2) is 9.97 Å². The minimum Gasteiger partial charge on any atom is -0.233 e. The Morgan fingerprint density at radius 2 is 0.939 bits per heavy atom. The van der Waals surface area contributed by atoms with Crippen molar-refractivity contribution in [3.8, 4) is 22.6 Å². The summed E-state index contributed by atoms with van der Waals surface area (Å²) >= 11 is 12.3. The van der Waals surface area contributed by atoms with Gasteiger partial charge in [-0.2, -0.15) is 0 Å². The fraction of sp³-hybridized carbons (Fsp3) is 0.448. The molecule has 33 heavy (non-hydrogen) atoms. The first-order valence-corrected chi connectivity index (χ1v) is 13.4. The summed E-state index contributed by atoms with van der Waals surface area (Å²) in [7, 11) is 0. The second kappa shape index (κ2) is 12.5. The number of hydrogen-bond donors (Lipinski definition) is 0. The average Bonchev–Trinajstić information content (AvgIpc) is 2.84. The smallest absolute Gasteiger partial charge is 0.160 e. The van der Waals surface area contributed by atoms with Crippen molar-refractivity contribution < 1.29 is 0 Å². The Balaban J connectivity index is 1.74. The first kappa shape index (κ1) is 24.2. The molecule has 0 unspecified atom stereocenters. The van der Waals surface area contributed by atoms with E-state index in [1.54, 1.807) is 0 Å². The molecule has 0 radical (unpaired) electrons. The molecule has 0 amide bonds. The van der Waals surface area contributed by atoms with Crippen molar-refractivity contribution in [2.24, 2.45) is 0 Å². The zero-order valence-corrected chi connectivity index (χ0v) is 21.0. The molecule has 0 bridgehead atoms. The van der Waals surface area contributed by atoms with E-state index in [9.17, 15) is 0 Å². The molecule has 1 aromatic heterocycles. The number of aryl methyl sites for hydroxylation is 1. The number of halogens is 2. The molecule has 0 saturated carbocycles. The van der Waals surface area contributed by atoms with Gasteiger partial charge in [-0.1, -0.05) is 93.1 Å². The minimum absolute atomic E-state index is 0.728. The van der Waals surface area contributed by atoms with Crippen LogP contribution in [0.15, 0.2) is 48.5 Å². The average molecular weight is 482 g/mol. The van der Waals surface area contributed by atoms with E-state index in [1.807, 2.05) is 36.4 Å². The van der Waals surface area contributed by atoms with Gasteiger partial charge < -0.3 is 0 Å². The van der Waals surface area contributed by atoms with E-state index >= 15 is 0 Å². The van der Waals surface area contributed by atoms with Crippen LogP contribution in [0.4, 0.5) is 0 Å². The maximum atomic E-state index is 6.20. The maximum Gasteiger partial charge on any atom is 0.160 e. The van der Waals surface area contributed by atoms with Crippen LogP contribution in [-0.2, 0) is 12.8 Å². The van der Waals surface area contributed by atoms with Crippen molar-refractivity contribution >= 4 is 23.2 Å². The molecular formula is C29H34Cl2N2. The summed E-state index contributed by atoms with van der Waals surface area (Å²) in [5.41, 5.74) is 5.73. The van der Waals surface area contributed by atoms with Gasteiger partial charge in [-0.15, -0.1) is 0 Å². The molecule has 2 aromatic carbocycles. The molecule has 0 N–H and O–H groups in total. The number of hydrogen-bond acceptors (Lipinski definition) is 2. The Kier molecular flexibility index (Phi) is 9.20. The Hall–Kier alpha value is -1.90. The Bertz CT molecular complexity index is 1010. The topological polar surface area (TPSA) is 25.8 Å². The summed E-state index contributed by atoms with van der Waals surface area (Å²) in [6.07, 6.45) is 16.5. The molecule has 0 saturated heterocycles. The van der Waals surface area contributed by atoms with Crippen molar-refractivity contribution in [3.63, 3.8) is 0 Å². The lowest BCUT2D eigenvalue weighted by molar-refractivity contribution is 0.548. The summed E-state index contributed by atoms with van der Waals surface area (Å²) in [5.74, 6) is 0.785. The molecule has 2 nitrogen and oxygen atoms in total. The third-order valence-electron chi connectivity index (χ3n) is 6.65. The van der Waals surface area contributed by atoms with Gasteiger partial charge in [0.1, 0.15) is 0 Å². The molecule has 4 rings (SSSR count). The van der Waals surface area contributed by atoms with E-state index < -0.39 is 0 Å². The second-order valence-corrected chi connectivity index (χ2v) is 10.1. The highest BCUT2D eigenvalue weighted by Gasteiger charge is 2.17. The summed E-state index contributed by atoms with van der Waals surface area (Å²) in [6.45, 7) is 0. The highest BCUT2D eigenvalue weighted by atomic mass is 35.5. The zero-order valence-electron chi connectivity index (χ0n) is 19.5. The number of aromatic nitrogens is 2. The van der Waals surface area contributed by atoms with Crippen LogP contribution in [0.5, 0.6) is 0 Å². The Morgan fingerprint density at radius 1 is 0.485 bits per heavy atom. The molecule has 0 aliphatic heterocycles. The lowest BCUT2D eigenvalue weighted by Crippen LogP contribution is -2.07. The molecule has 0 fully saturated rings. The fourth-order valence-corrected chi connectivity index (χ4v) is 5.01. The highest BCUT2D eigenvalue weighted by Crippen LogP contribution is 2.31. The molecule has 4 heteroatoms. The molecule has 3 aromatic rings. The lowest BCUT2D eigenvalue weighted by atomic mass is 9.95. The van der Waals surface area contributed by atoms with Crippen molar-refractivity contribution in [1.82, 2.24) is 9.97 Å². The molecule has 1 aliphatic carbocycles. The third kappa shape index (κ3) is 7.04. The predicted octanol–water partition coefficient (Wildman–Crippen LogP) is 9.51. The number of nitrogens with zero attached hydrogens (tertiary/aromatic N) is 2. The number of fused-ring (bicyclic) bond motifs is 1. The molecule has 174 valence electrons. The quantitative estimate of drug-likeness (QED) is 0.364. The second-order valence-electron chi connectivity index (χ2n) is 9.22.